The van der Waals surface area contributed by atoms with Crippen LogP contribution in [-0.4, -0.2) is 25.7 Å². The van der Waals surface area contributed by atoms with Crippen LogP contribution in [-0.2, 0) is 0 Å². The van der Waals surface area contributed by atoms with E-state index in [0.717, 1.165) is 0 Å². The molecule has 1 unspecified atom stereocenters. The van der Waals surface area contributed by atoms with Crippen molar-refractivity contribution in [2.45, 2.75) is 25.8 Å². The second-order valence-electron chi connectivity index (χ2n) is 4.32. The Kier molecular flexibility index (Phi) is 4.76. The summed E-state index contributed by atoms with van der Waals surface area (Å²) in [5.41, 5.74) is -0.553. The number of hydrogen-bond donors (Lipinski definition) is 1. The van der Waals surface area contributed by atoms with Crippen LogP contribution in [0, 0.1) is 11.3 Å². The van der Waals surface area contributed by atoms with Crippen LogP contribution in [0.2, 0.25) is 0 Å². The molecule has 0 aromatic heterocycles. The monoisotopic (exact) mass is 262 g/mol. The first-order valence-electron chi connectivity index (χ1n) is 5.95. The third-order valence-electron chi connectivity index (χ3n) is 2.99. The molecule has 1 aromatic carbocycles. The van der Waals surface area contributed by atoms with E-state index in [2.05, 4.69) is 11.4 Å². The molecule has 0 bridgehead atoms. The lowest BCUT2D eigenvalue weighted by Crippen LogP contribution is -2.44. The molecule has 0 spiro atoms. The first-order chi connectivity index (χ1) is 8.99. The molecular weight excluding hydrogens is 244 g/mol. The molecule has 5 nitrogen and oxygen atoms in total. The van der Waals surface area contributed by atoms with Gasteiger partial charge >= 0.3 is 0 Å². The van der Waals surface area contributed by atoms with E-state index in [0.29, 0.717) is 23.5 Å². The normalized spacial score (nSPS) is 13.0. The van der Waals surface area contributed by atoms with Gasteiger partial charge in [-0.1, -0.05) is 6.92 Å². The summed E-state index contributed by atoms with van der Waals surface area (Å²) in [7, 11) is 3.01. The second kappa shape index (κ2) is 6.10. The summed E-state index contributed by atoms with van der Waals surface area (Å²) in [6.07, 6.45) is 0.515. The third-order valence-corrected chi connectivity index (χ3v) is 2.99. The number of nitriles is 1. The van der Waals surface area contributed by atoms with E-state index in [-0.39, 0.29) is 5.91 Å². The van der Waals surface area contributed by atoms with Gasteiger partial charge in [-0.2, -0.15) is 5.26 Å². The van der Waals surface area contributed by atoms with Crippen molar-refractivity contribution in [3.05, 3.63) is 23.8 Å². The molecular formula is C14H18N2O3. The van der Waals surface area contributed by atoms with Crippen LogP contribution in [0.5, 0.6) is 11.5 Å². The number of methoxy groups -OCH3 is 2. The largest absolute Gasteiger partial charge is 0.497 e. The Balaban J connectivity index is 3.08. The predicted molar refractivity (Wildman–Crippen MR) is 71.3 cm³/mol. The van der Waals surface area contributed by atoms with Gasteiger partial charge in [0.2, 0.25) is 0 Å². The van der Waals surface area contributed by atoms with Crippen molar-refractivity contribution >= 4 is 5.91 Å². The van der Waals surface area contributed by atoms with Gasteiger partial charge in [0.15, 0.2) is 0 Å². The van der Waals surface area contributed by atoms with E-state index in [1.54, 1.807) is 25.1 Å². The Morgan fingerprint density at radius 2 is 2.11 bits per heavy atom. The lowest BCUT2D eigenvalue weighted by Gasteiger charge is -2.22. The van der Waals surface area contributed by atoms with Crippen LogP contribution >= 0.6 is 0 Å². The van der Waals surface area contributed by atoms with E-state index < -0.39 is 5.54 Å². The number of benzene rings is 1. The molecule has 0 aliphatic heterocycles. The van der Waals surface area contributed by atoms with Crippen molar-refractivity contribution in [2.75, 3.05) is 14.2 Å². The molecule has 1 N–H and O–H groups in total. The first kappa shape index (κ1) is 14.8. The van der Waals surface area contributed by atoms with Crippen LogP contribution in [0.25, 0.3) is 0 Å². The van der Waals surface area contributed by atoms with Crippen LogP contribution in [0.1, 0.15) is 30.6 Å². The van der Waals surface area contributed by atoms with Gasteiger partial charge in [0.1, 0.15) is 17.0 Å². The van der Waals surface area contributed by atoms with E-state index in [4.69, 9.17) is 14.7 Å². The zero-order valence-corrected chi connectivity index (χ0v) is 11.6. The molecule has 0 saturated heterocycles. The van der Waals surface area contributed by atoms with Crippen LogP contribution < -0.4 is 14.8 Å². The summed E-state index contributed by atoms with van der Waals surface area (Å²) in [6, 6.07) is 7.04. The highest BCUT2D eigenvalue weighted by Crippen LogP contribution is 2.24. The Morgan fingerprint density at radius 1 is 1.42 bits per heavy atom. The van der Waals surface area contributed by atoms with Gasteiger partial charge < -0.3 is 14.8 Å². The molecule has 1 atom stereocenters. The van der Waals surface area contributed by atoms with Gasteiger partial charge in [-0.05, 0) is 31.5 Å². The van der Waals surface area contributed by atoms with Gasteiger partial charge in [0.05, 0.1) is 25.9 Å². The highest BCUT2D eigenvalue weighted by molar-refractivity contribution is 5.98. The zero-order valence-electron chi connectivity index (χ0n) is 11.6. The van der Waals surface area contributed by atoms with E-state index in [1.807, 2.05) is 6.92 Å². The Bertz CT molecular complexity index is 508. The highest BCUT2D eigenvalue weighted by Gasteiger charge is 2.25. The van der Waals surface area contributed by atoms with Gasteiger partial charge in [-0.25, -0.2) is 0 Å². The number of rotatable bonds is 5. The number of amides is 1. The average molecular weight is 262 g/mol. The molecule has 102 valence electrons. The Morgan fingerprint density at radius 3 is 2.58 bits per heavy atom. The van der Waals surface area contributed by atoms with Crippen molar-refractivity contribution in [3.8, 4) is 17.6 Å². The van der Waals surface area contributed by atoms with Gasteiger partial charge in [0, 0.05) is 0 Å². The van der Waals surface area contributed by atoms with Crippen molar-refractivity contribution < 1.29 is 14.3 Å². The quantitative estimate of drug-likeness (QED) is 0.882. The molecule has 1 amide bonds. The minimum Gasteiger partial charge on any atom is -0.497 e. The standard InChI is InChI=1S/C14H18N2O3/c1-5-14(2,9-15)16-13(17)11-8-10(18-3)6-7-12(11)19-4/h6-8H,5H2,1-4H3,(H,16,17). The topological polar surface area (TPSA) is 71.4 Å². The van der Waals surface area contributed by atoms with Crippen molar-refractivity contribution in [1.82, 2.24) is 5.32 Å². The SMILES string of the molecule is CCC(C)(C#N)NC(=O)c1cc(OC)ccc1OC. The minimum atomic E-state index is -0.898. The van der Waals surface area contributed by atoms with Crippen LogP contribution in [0.3, 0.4) is 0 Å². The first-order valence-corrected chi connectivity index (χ1v) is 5.95. The lowest BCUT2D eigenvalue weighted by atomic mass is 10.0. The molecule has 1 aromatic rings. The summed E-state index contributed by atoms with van der Waals surface area (Å²) in [4.78, 5) is 12.2. The van der Waals surface area contributed by atoms with Gasteiger partial charge in [-0.15, -0.1) is 0 Å². The number of ether oxygens (including phenoxy) is 2. The van der Waals surface area contributed by atoms with E-state index in [1.165, 1.54) is 14.2 Å². The molecule has 0 fully saturated rings. The van der Waals surface area contributed by atoms with Crippen molar-refractivity contribution in [3.63, 3.8) is 0 Å². The summed E-state index contributed by atoms with van der Waals surface area (Å²) in [6.45, 7) is 3.52. The zero-order chi connectivity index (χ0) is 14.5. The number of carbonyl (C=O) groups is 1. The molecule has 0 heterocycles. The summed E-state index contributed by atoms with van der Waals surface area (Å²) >= 11 is 0. The lowest BCUT2D eigenvalue weighted by molar-refractivity contribution is 0.0919. The Hall–Kier alpha value is -2.22. The fraction of sp³-hybridized carbons (Fsp3) is 0.429. The molecule has 19 heavy (non-hydrogen) atoms. The van der Waals surface area contributed by atoms with Crippen LogP contribution in [0.15, 0.2) is 18.2 Å². The number of hydrogen-bond acceptors (Lipinski definition) is 4. The number of carbonyl (C=O) groups excluding carboxylic acids is 1. The highest BCUT2D eigenvalue weighted by atomic mass is 16.5. The third kappa shape index (κ3) is 3.38. The van der Waals surface area contributed by atoms with Crippen LogP contribution in [0.4, 0.5) is 0 Å². The summed E-state index contributed by atoms with van der Waals surface area (Å²) in [5, 5.41) is 11.8. The summed E-state index contributed by atoms with van der Waals surface area (Å²) < 4.78 is 10.2. The maximum absolute atomic E-state index is 12.2. The maximum atomic E-state index is 12.2. The average Bonchev–Trinajstić information content (AvgIpc) is 2.46. The molecule has 0 radical (unpaired) electrons. The fourth-order valence-corrected chi connectivity index (χ4v) is 1.50. The molecule has 0 aliphatic rings. The fourth-order valence-electron chi connectivity index (χ4n) is 1.50. The van der Waals surface area contributed by atoms with Crippen molar-refractivity contribution in [2.24, 2.45) is 0 Å². The van der Waals surface area contributed by atoms with E-state index in [9.17, 15) is 4.79 Å². The second-order valence-corrected chi connectivity index (χ2v) is 4.32. The number of nitrogens with one attached hydrogen (secondary N) is 1. The molecule has 0 saturated carbocycles. The molecule has 1 rings (SSSR count). The smallest absolute Gasteiger partial charge is 0.256 e. The molecule has 0 aliphatic carbocycles. The summed E-state index contributed by atoms with van der Waals surface area (Å²) in [5.74, 6) is 0.637. The van der Waals surface area contributed by atoms with Gasteiger partial charge in [0.25, 0.3) is 5.91 Å². The predicted octanol–water partition coefficient (Wildman–Crippen LogP) is 2.13. The Labute approximate surface area is 113 Å². The number of nitrogens with zero attached hydrogens (tertiary/aromatic N) is 1. The van der Waals surface area contributed by atoms with Crippen molar-refractivity contribution in [1.29, 1.82) is 5.26 Å². The van der Waals surface area contributed by atoms with Gasteiger partial charge in [-0.3, -0.25) is 4.79 Å². The maximum Gasteiger partial charge on any atom is 0.256 e. The minimum absolute atomic E-state index is 0.344. The molecule has 5 heteroatoms. The van der Waals surface area contributed by atoms with E-state index >= 15 is 0 Å².